The van der Waals surface area contributed by atoms with Crippen molar-refractivity contribution in [1.29, 1.82) is 0 Å². The summed E-state index contributed by atoms with van der Waals surface area (Å²) in [6.45, 7) is 7.89. The van der Waals surface area contributed by atoms with Crippen molar-refractivity contribution >= 4 is 35.2 Å². The maximum atomic E-state index is 13.7. The lowest BCUT2D eigenvalue weighted by molar-refractivity contribution is -0.157. The molecule has 2 aromatic carbocycles. The van der Waals surface area contributed by atoms with E-state index < -0.39 is 48.3 Å². The van der Waals surface area contributed by atoms with Crippen LogP contribution >= 0.6 is 0 Å². The average Bonchev–Trinajstić information content (AvgIpc) is 2.89. The Kier molecular flexibility index (Phi) is 9.76. The smallest absolute Gasteiger partial charge is 0.377 e. The maximum Gasteiger partial charge on any atom is 0.377 e. The Bertz CT molecular complexity index is 1240. The van der Waals surface area contributed by atoms with Gasteiger partial charge in [0.05, 0.1) is 11.8 Å². The Hall–Kier alpha value is -4.27. The zero-order chi connectivity index (χ0) is 28.7. The SMILES string of the molecule is CC(=O)N1C=C(c2ccccc2)N(CC(=O)NC(Cc2ccccc2)C(=O)C(=O)OC(C)C)C(=O)C1C(C)C. The van der Waals surface area contributed by atoms with E-state index >= 15 is 0 Å². The number of carbonyl (C=O) groups excluding carboxylic acids is 5. The van der Waals surface area contributed by atoms with Gasteiger partial charge >= 0.3 is 5.97 Å². The summed E-state index contributed by atoms with van der Waals surface area (Å²) in [5.41, 5.74) is 1.77. The Labute approximate surface area is 228 Å². The number of nitrogens with one attached hydrogen (secondary N) is 1. The van der Waals surface area contributed by atoms with Gasteiger partial charge in [-0.05, 0) is 30.9 Å². The van der Waals surface area contributed by atoms with E-state index in [1.165, 1.54) is 16.7 Å². The van der Waals surface area contributed by atoms with Gasteiger partial charge in [-0.15, -0.1) is 0 Å². The van der Waals surface area contributed by atoms with Crippen molar-refractivity contribution in [2.75, 3.05) is 6.54 Å². The van der Waals surface area contributed by atoms with Crippen molar-refractivity contribution in [3.05, 3.63) is 78.0 Å². The van der Waals surface area contributed by atoms with Crippen LogP contribution in [0, 0.1) is 5.92 Å². The molecule has 0 aliphatic carbocycles. The van der Waals surface area contributed by atoms with Gasteiger partial charge < -0.3 is 15.0 Å². The van der Waals surface area contributed by atoms with Crippen LogP contribution in [0.1, 0.15) is 45.7 Å². The van der Waals surface area contributed by atoms with E-state index in [0.717, 1.165) is 5.56 Å². The third kappa shape index (κ3) is 7.40. The van der Waals surface area contributed by atoms with Gasteiger partial charge in [-0.25, -0.2) is 4.79 Å². The van der Waals surface area contributed by atoms with E-state index in [4.69, 9.17) is 4.74 Å². The van der Waals surface area contributed by atoms with Crippen LogP contribution in [0.2, 0.25) is 0 Å². The number of benzene rings is 2. The van der Waals surface area contributed by atoms with E-state index in [1.54, 1.807) is 68.6 Å². The molecule has 0 saturated heterocycles. The fourth-order valence-electron chi connectivity index (χ4n) is 4.43. The van der Waals surface area contributed by atoms with Crippen molar-refractivity contribution in [3.8, 4) is 0 Å². The number of ketones is 1. The van der Waals surface area contributed by atoms with Crippen molar-refractivity contribution in [2.24, 2.45) is 5.92 Å². The highest BCUT2D eigenvalue weighted by atomic mass is 16.5. The predicted molar refractivity (Wildman–Crippen MR) is 146 cm³/mol. The Balaban J connectivity index is 1.92. The van der Waals surface area contributed by atoms with Crippen LogP contribution in [0.3, 0.4) is 0 Å². The first-order valence-electron chi connectivity index (χ1n) is 12.9. The molecule has 1 aliphatic heterocycles. The topological polar surface area (TPSA) is 113 Å². The van der Waals surface area contributed by atoms with Crippen LogP contribution < -0.4 is 5.32 Å². The number of rotatable bonds is 10. The zero-order valence-electron chi connectivity index (χ0n) is 22.9. The zero-order valence-corrected chi connectivity index (χ0v) is 22.9. The number of ether oxygens (including phenoxy) is 1. The van der Waals surface area contributed by atoms with E-state index in [1.807, 2.05) is 26.0 Å². The summed E-state index contributed by atoms with van der Waals surface area (Å²) in [5.74, 6) is -3.48. The Morgan fingerprint density at radius 1 is 0.923 bits per heavy atom. The Morgan fingerprint density at radius 3 is 2.05 bits per heavy atom. The largest absolute Gasteiger partial charge is 0.457 e. The molecule has 0 aromatic heterocycles. The number of hydrogen-bond acceptors (Lipinski definition) is 6. The maximum absolute atomic E-state index is 13.7. The quantitative estimate of drug-likeness (QED) is 0.371. The van der Waals surface area contributed by atoms with Gasteiger partial charge in [-0.1, -0.05) is 74.5 Å². The molecule has 3 rings (SSSR count). The minimum Gasteiger partial charge on any atom is -0.457 e. The van der Waals surface area contributed by atoms with Crippen molar-refractivity contribution in [2.45, 2.75) is 59.2 Å². The molecule has 2 unspecified atom stereocenters. The number of Topliss-reactive ketones (excluding diaryl/α,β-unsaturated/α-hetero) is 1. The second-order valence-corrected chi connectivity index (χ2v) is 10.0. The number of nitrogens with zero attached hydrogens (tertiary/aromatic N) is 2. The minimum atomic E-state index is -1.19. The summed E-state index contributed by atoms with van der Waals surface area (Å²) >= 11 is 0. The molecule has 0 spiro atoms. The first-order chi connectivity index (χ1) is 18.5. The summed E-state index contributed by atoms with van der Waals surface area (Å²) in [5, 5.41) is 2.65. The number of carbonyl (C=O) groups is 5. The van der Waals surface area contributed by atoms with Gasteiger partial charge in [0.1, 0.15) is 18.6 Å². The van der Waals surface area contributed by atoms with Crippen LogP contribution in [0.15, 0.2) is 66.9 Å². The number of esters is 1. The molecule has 1 N–H and O–H groups in total. The number of hydrogen-bond donors (Lipinski definition) is 1. The normalized spacial score (nSPS) is 16.1. The van der Waals surface area contributed by atoms with Gasteiger partial charge in [-0.3, -0.25) is 24.1 Å². The highest BCUT2D eigenvalue weighted by Gasteiger charge is 2.40. The molecule has 9 nitrogen and oxygen atoms in total. The molecule has 0 radical (unpaired) electrons. The van der Waals surface area contributed by atoms with Crippen molar-refractivity contribution in [1.82, 2.24) is 15.1 Å². The predicted octanol–water partition coefficient (Wildman–Crippen LogP) is 2.95. The molecule has 2 atom stereocenters. The summed E-state index contributed by atoms with van der Waals surface area (Å²) in [6.07, 6.45) is 1.15. The fraction of sp³-hybridized carbons (Fsp3) is 0.367. The van der Waals surface area contributed by atoms with Gasteiger partial charge in [0.15, 0.2) is 0 Å². The lowest BCUT2D eigenvalue weighted by Gasteiger charge is -2.40. The lowest BCUT2D eigenvalue weighted by Crippen LogP contribution is -2.57. The van der Waals surface area contributed by atoms with Crippen molar-refractivity contribution < 1.29 is 28.7 Å². The summed E-state index contributed by atoms with van der Waals surface area (Å²) in [6, 6.07) is 16.0. The summed E-state index contributed by atoms with van der Waals surface area (Å²) in [4.78, 5) is 67.7. The molecule has 39 heavy (non-hydrogen) atoms. The first-order valence-corrected chi connectivity index (χ1v) is 12.9. The molecule has 9 heteroatoms. The number of amides is 3. The van der Waals surface area contributed by atoms with Gasteiger partial charge in [0.2, 0.25) is 11.8 Å². The third-order valence-electron chi connectivity index (χ3n) is 6.22. The molecule has 1 aliphatic rings. The molecular formula is C30H35N3O6. The highest BCUT2D eigenvalue weighted by molar-refractivity contribution is 6.36. The Morgan fingerprint density at radius 2 is 1.51 bits per heavy atom. The van der Waals surface area contributed by atoms with Crippen molar-refractivity contribution in [3.63, 3.8) is 0 Å². The molecule has 0 bridgehead atoms. The molecule has 0 fully saturated rings. The van der Waals surface area contributed by atoms with E-state index in [2.05, 4.69) is 5.32 Å². The molecular weight excluding hydrogens is 498 g/mol. The van der Waals surface area contributed by atoms with E-state index in [0.29, 0.717) is 11.3 Å². The van der Waals surface area contributed by atoms with Gasteiger partial charge in [-0.2, -0.15) is 0 Å². The summed E-state index contributed by atoms with van der Waals surface area (Å²) < 4.78 is 5.08. The van der Waals surface area contributed by atoms with Gasteiger partial charge in [0, 0.05) is 19.5 Å². The fourth-order valence-corrected chi connectivity index (χ4v) is 4.43. The highest BCUT2D eigenvalue weighted by Crippen LogP contribution is 2.30. The summed E-state index contributed by atoms with van der Waals surface area (Å²) in [7, 11) is 0. The average molecular weight is 534 g/mol. The van der Waals surface area contributed by atoms with Crippen LogP contribution in [-0.2, 0) is 35.1 Å². The molecule has 0 saturated carbocycles. The molecule has 2 aromatic rings. The molecule has 3 amide bonds. The van der Waals surface area contributed by atoms with E-state index in [9.17, 15) is 24.0 Å². The minimum absolute atomic E-state index is 0.0701. The monoisotopic (exact) mass is 533 g/mol. The third-order valence-corrected chi connectivity index (χ3v) is 6.22. The van der Waals surface area contributed by atoms with Crippen LogP contribution in [0.5, 0.6) is 0 Å². The van der Waals surface area contributed by atoms with Crippen LogP contribution in [-0.4, -0.2) is 64.0 Å². The lowest BCUT2D eigenvalue weighted by atomic mass is 9.97. The second kappa shape index (κ2) is 13.0. The van der Waals surface area contributed by atoms with E-state index in [-0.39, 0.29) is 18.2 Å². The molecule has 206 valence electrons. The first kappa shape index (κ1) is 29.3. The van der Waals surface area contributed by atoms with Crippen LogP contribution in [0.25, 0.3) is 5.70 Å². The second-order valence-electron chi connectivity index (χ2n) is 10.0. The van der Waals surface area contributed by atoms with Gasteiger partial charge in [0.25, 0.3) is 11.7 Å². The standard InChI is InChI=1S/C30H35N3O6/c1-19(2)27-29(37)33(25(17-32(27)21(5)34)23-14-10-7-11-15-23)18-26(35)31-24(16-22-12-8-6-9-13-22)28(36)30(38)39-20(3)4/h6-15,17,19-20,24,27H,16,18H2,1-5H3,(H,31,35). The molecule has 1 heterocycles. The van der Waals surface area contributed by atoms with Crippen LogP contribution in [0.4, 0.5) is 0 Å².